The fraction of sp³-hybridized carbons (Fsp3) is 0.471. The number of hydrogen-bond donors (Lipinski definition) is 1. The number of rotatable bonds is 5. The molecule has 1 aromatic heterocycles. The lowest BCUT2D eigenvalue weighted by molar-refractivity contribution is 0.0658. The molecule has 0 radical (unpaired) electrons. The van der Waals surface area contributed by atoms with Crippen LogP contribution in [0, 0.1) is 6.92 Å². The van der Waals surface area contributed by atoms with Gasteiger partial charge in [-0.05, 0) is 37.5 Å². The molecule has 0 atom stereocenters. The largest absolute Gasteiger partial charge is 0.376 e. The summed E-state index contributed by atoms with van der Waals surface area (Å²) < 4.78 is 5.86. The molecule has 0 saturated heterocycles. The average Bonchev–Trinajstić information content (AvgIpc) is 2.97. The van der Waals surface area contributed by atoms with Crippen molar-refractivity contribution in [1.82, 2.24) is 4.98 Å². The van der Waals surface area contributed by atoms with Crippen molar-refractivity contribution in [2.75, 3.05) is 18.5 Å². The van der Waals surface area contributed by atoms with Crippen molar-refractivity contribution >= 4 is 16.7 Å². The van der Waals surface area contributed by atoms with Gasteiger partial charge in [0.1, 0.15) is 5.82 Å². The fourth-order valence-corrected chi connectivity index (χ4v) is 2.85. The number of nitrogens with one attached hydrogen (secondary N) is 1. The highest BCUT2D eigenvalue weighted by Gasteiger charge is 2.14. The molecular weight excluding hydrogens is 248 g/mol. The number of benzene rings is 1. The molecule has 0 amide bonds. The van der Waals surface area contributed by atoms with Crippen LogP contribution in [0.5, 0.6) is 0 Å². The first-order valence-corrected chi connectivity index (χ1v) is 7.55. The summed E-state index contributed by atoms with van der Waals surface area (Å²) in [5.41, 5.74) is 2.22. The summed E-state index contributed by atoms with van der Waals surface area (Å²) in [6, 6.07) is 10.4. The molecule has 3 nitrogen and oxygen atoms in total. The molecular formula is C17H22N2O. The molecule has 1 N–H and O–H groups in total. The molecule has 0 unspecified atom stereocenters. The Balaban J connectivity index is 1.57. The minimum Gasteiger partial charge on any atom is -0.376 e. The van der Waals surface area contributed by atoms with Gasteiger partial charge in [-0.3, -0.25) is 0 Å². The van der Waals surface area contributed by atoms with Gasteiger partial charge in [0, 0.05) is 11.9 Å². The molecule has 20 heavy (non-hydrogen) atoms. The number of pyridine rings is 1. The van der Waals surface area contributed by atoms with E-state index < -0.39 is 0 Å². The van der Waals surface area contributed by atoms with E-state index in [9.17, 15) is 0 Å². The normalized spacial score (nSPS) is 15.8. The van der Waals surface area contributed by atoms with Crippen LogP contribution < -0.4 is 5.32 Å². The van der Waals surface area contributed by atoms with E-state index in [0.717, 1.165) is 24.5 Å². The molecule has 1 fully saturated rings. The van der Waals surface area contributed by atoms with Gasteiger partial charge in [-0.1, -0.05) is 31.0 Å². The molecule has 0 aliphatic heterocycles. The van der Waals surface area contributed by atoms with Gasteiger partial charge in [0.25, 0.3) is 0 Å². The highest BCUT2D eigenvalue weighted by atomic mass is 16.5. The zero-order chi connectivity index (χ0) is 13.8. The molecule has 1 heterocycles. The van der Waals surface area contributed by atoms with E-state index >= 15 is 0 Å². The number of anilines is 1. The minimum atomic E-state index is 0.488. The summed E-state index contributed by atoms with van der Waals surface area (Å²) in [6.45, 7) is 3.68. The third-order valence-corrected chi connectivity index (χ3v) is 3.96. The lowest BCUT2D eigenvalue weighted by Gasteiger charge is -2.13. The topological polar surface area (TPSA) is 34.2 Å². The Hall–Kier alpha value is -1.61. The predicted molar refractivity (Wildman–Crippen MR) is 83.2 cm³/mol. The van der Waals surface area contributed by atoms with Crippen LogP contribution in [0.4, 0.5) is 5.82 Å². The monoisotopic (exact) mass is 270 g/mol. The van der Waals surface area contributed by atoms with Crippen molar-refractivity contribution in [3.8, 4) is 0 Å². The third kappa shape index (κ3) is 3.10. The van der Waals surface area contributed by atoms with Crippen LogP contribution in [0.1, 0.15) is 31.2 Å². The smallest absolute Gasteiger partial charge is 0.129 e. The van der Waals surface area contributed by atoms with Gasteiger partial charge in [0.15, 0.2) is 0 Å². The maximum atomic E-state index is 5.86. The molecule has 3 rings (SSSR count). The fourth-order valence-electron chi connectivity index (χ4n) is 2.85. The van der Waals surface area contributed by atoms with E-state index in [0.29, 0.717) is 6.10 Å². The van der Waals surface area contributed by atoms with Gasteiger partial charge in [0.2, 0.25) is 0 Å². The number of nitrogens with zero attached hydrogens (tertiary/aromatic N) is 1. The molecule has 2 aromatic rings. The number of fused-ring (bicyclic) bond motifs is 1. The Kier molecular flexibility index (Phi) is 4.16. The molecule has 0 bridgehead atoms. The van der Waals surface area contributed by atoms with Crippen LogP contribution in [0.15, 0.2) is 30.3 Å². The van der Waals surface area contributed by atoms with Gasteiger partial charge in [-0.2, -0.15) is 0 Å². The number of aryl methyl sites for hydroxylation is 1. The number of aromatic nitrogens is 1. The van der Waals surface area contributed by atoms with Crippen molar-refractivity contribution in [3.05, 3.63) is 35.9 Å². The van der Waals surface area contributed by atoms with Crippen molar-refractivity contribution in [2.24, 2.45) is 0 Å². The molecule has 0 spiro atoms. The summed E-state index contributed by atoms with van der Waals surface area (Å²) in [6.07, 6.45) is 5.59. The summed E-state index contributed by atoms with van der Waals surface area (Å²) in [7, 11) is 0. The molecule has 1 saturated carbocycles. The predicted octanol–water partition coefficient (Wildman–Crippen LogP) is 3.91. The Morgan fingerprint density at radius 2 is 2.05 bits per heavy atom. The first-order chi connectivity index (χ1) is 9.83. The second-order valence-corrected chi connectivity index (χ2v) is 5.55. The SMILES string of the molecule is Cc1cc2ccccc2nc1NCCOC1CCCC1. The van der Waals surface area contributed by atoms with Crippen molar-refractivity contribution in [1.29, 1.82) is 0 Å². The Morgan fingerprint density at radius 3 is 2.90 bits per heavy atom. The zero-order valence-electron chi connectivity index (χ0n) is 12.1. The Bertz CT molecular complexity index is 576. The number of ether oxygens (including phenoxy) is 1. The van der Waals surface area contributed by atoms with E-state index in [1.165, 1.54) is 36.6 Å². The first-order valence-electron chi connectivity index (χ1n) is 7.55. The van der Waals surface area contributed by atoms with E-state index in [1.807, 2.05) is 12.1 Å². The molecule has 3 heteroatoms. The molecule has 1 aromatic carbocycles. The van der Waals surface area contributed by atoms with Crippen LogP contribution in [0.2, 0.25) is 0 Å². The van der Waals surface area contributed by atoms with Crippen LogP contribution in [-0.4, -0.2) is 24.2 Å². The van der Waals surface area contributed by atoms with Crippen molar-refractivity contribution < 1.29 is 4.74 Å². The van der Waals surface area contributed by atoms with Gasteiger partial charge >= 0.3 is 0 Å². The Labute approximate surface area is 120 Å². The minimum absolute atomic E-state index is 0.488. The van der Waals surface area contributed by atoms with Gasteiger partial charge < -0.3 is 10.1 Å². The second-order valence-electron chi connectivity index (χ2n) is 5.55. The summed E-state index contributed by atoms with van der Waals surface area (Å²) in [4.78, 5) is 4.68. The van der Waals surface area contributed by atoms with Crippen LogP contribution in [0.3, 0.4) is 0 Å². The highest BCUT2D eigenvalue weighted by Crippen LogP contribution is 2.21. The van der Waals surface area contributed by atoms with Crippen molar-refractivity contribution in [2.45, 2.75) is 38.7 Å². The number of hydrogen-bond acceptors (Lipinski definition) is 3. The van der Waals surface area contributed by atoms with E-state index in [2.05, 4.69) is 35.4 Å². The van der Waals surface area contributed by atoms with Gasteiger partial charge in [-0.15, -0.1) is 0 Å². The third-order valence-electron chi connectivity index (χ3n) is 3.96. The van der Waals surface area contributed by atoms with Crippen molar-refractivity contribution in [3.63, 3.8) is 0 Å². The number of para-hydroxylation sites is 1. The quantitative estimate of drug-likeness (QED) is 0.836. The second kappa shape index (κ2) is 6.23. The molecule has 106 valence electrons. The maximum Gasteiger partial charge on any atom is 0.129 e. The first kappa shape index (κ1) is 13.4. The molecule has 1 aliphatic carbocycles. The van der Waals surface area contributed by atoms with E-state index in [-0.39, 0.29) is 0 Å². The lowest BCUT2D eigenvalue weighted by Crippen LogP contribution is -2.16. The standard InChI is InChI=1S/C17H22N2O/c1-13-12-14-6-2-5-9-16(14)19-17(13)18-10-11-20-15-7-3-4-8-15/h2,5-6,9,12,15H,3-4,7-8,10-11H2,1H3,(H,18,19). The lowest BCUT2D eigenvalue weighted by atomic mass is 10.1. The van der Waals surface area contributed by atoms with Crippen LogP contribution in [-0.2, 0) is 4.74 Å². The van der Waals surface area contributed by atoms with Crippen LogP contribution in [0.25, 0.3) is 10.9 Å². The highest BCUT2D eigenvalue weighted by molar-refractivity contribution is 5.81. The zero-order valence-corrected chi connectivity index (χ0v) is 12.1. The molecule has 1 aliphatic rings. The average molecular weight is 270 g/mol. The summed E-state index contributed by atoms with van der Waals surface area (Å²) in [5.74, 6) is 0.971. The summed E-state index contributed by atoms with van der Waals surface area (Å²) >= 11 is 0. The van der Waals surface area contributed by atoms with Gasteiger partial charge in [-0.25, -0.2) is 4.98 Å². The summed E-state index contributed by atoms with van der Waals surface area (Å²) in [5, 5.41) is 4.59. The van der Waals surface area contributed by atoms with Gasteiger partial charge in [0.05, 0.1) is 18.2 Å². The maximum absolute atomic E-state index is 5.86. The van der Waals surface area contributed by atoms with E-state index in [4.69, 9.17) is 4.74 Å². The van der Waals surface area contributed by atoms with E-state index in [1.54, 1.807) is 0 Å². The van der Waals surface area contributed by atoms with Crippen LogP contribution >= 0.6 is 0 Å². The Morgan fingerprint density at radius 1 is 1.25 bits per heavy atom.